The fraction of sp³-hybridized carbons (Fsp3) is 0.529. The van der Waals surface area contributed by atoms with Crippen molar-refractivity contribution in [1.82, 2.24) is 14.5 Å². The summed E-state index contributed by atoms with van der Waals surface area (Å²) in [6.45, 7) is 6.11. The third-order valence-corrected chi connectivity index (χ3v) is 4.84. The Labute approximate surface area is 129 Å². The first kappa shape index (κ1) is 13.8. The molecule has 1 aromatic heterocycles. The molecule has 1 amide bonds. The number of carbonyl (C=O) groups excluding carboxylic acids is 1. The Balaban J connectivity index is 1.63. The SMILES string of the molecule is CC1CCN(C(=O)c2ccc3c(c2)nc2n3CCOC2)CC1. The Morgan fingerprint density at radius 1 is 1.27 bits per heavy atom. The van der Waals surface area contributed by atoms with Gasteiger partial charge in [0.05, 0.1) is 17.6 Å². The van der Waals surface area contributed by atoms with Crippen molar-refractivity contribution in [3.05, 3.63) is 29.6 Å². The molecule has 2 aromatic rings. The minimum atomic E-state index is 0.135. The lowest BCUT2D eigenvalue weighted by Gasteiger charge is -2.30. The average Bonchev–Trinajstić information content (AvgIpc) is 2.92. The molecule has 1 saturated heterocycles. The first-order valence-corrected chi connectivity index (χ1v) is 8.08. The van der Waals surface area contributed by atoms with E-state index in [1.807, 2.05) is 23.1 Å². The first-order chi connectivity index (χ1) is 10.7. The number of ether oxygens (including phenoxy) is 1. The maximum atomic E-state index is 12.7. The van der Waals surface area contributed by atoms with E-state index >= 15 is 0 Å². The Morgan fingerprint density at radius 2 is 2.09 bits per heavy atom. The predicted molar refractivity (Wildman–Crippen MR) is 83.7 cm³/mol. The van der Waals surface area contributed by atoms with Crippen molar-refractivity contribution in [2.45, 2.75) is 32.9 Å². The van der Waals surface area contributed by atoms with Crippen molar-refractivity contribution in [2.24, 2.45) is 5.92 Å². The summed E-state index contributed by atoms with van der Waals surface area (Å²) < 4.78 is 7.64. The van der Waals surface area contributed by atoms with E-state index in [0.29, 0.717) is 6.61 Å². The third kappa shape index (κ3) is 2.29. The smallest absolute Gasteiger partial charge is 0.253 e. The molecule has 0 radical (unpaired) electrons. The van der Waals surface area contributed by atoms with Crippen LogP contribution in [0.2, 0.25) is 0 Å². The van der Waals surface area contributed by atoms with Gasteiger partial charge in [-0.2, -0.15) is 0 Å². The molecule has 0 unspecified atom stereocenters. The zero-order chi connectivity index (χ0) is 15.1. The fourth-order valence-electron chi connectivity index (χ4n) is 3.39. The van der Waals surface area contributed by atoms with E-state index < -0.39 is 0 Å². The highest BCUT2D eigenvalue weighted by atomic mass is 16.5. The highest BCUT2D eigenvalue weighted by Crippen LogP contribution is 2.23. The maximum absolute atomic E-state index is 12.7. The Bertz CT molecular complexity index is 714. The Hall–Kier alpha value is -1.88. The van der Waals surface area contributed by atoms with Crippen LogP contribution in [0.3, 0.4) is 0 Å². The van der Waals surface area contributed by atoms with Gasteiger partial charge in [-0.1, -0.05) is 6.92 Å². The van der Waals surface area contributed by atoms with Gasteiger partial charge in [0.2, 0.25) is 0 Å². The lowest BCUT2D eigenvalue weighted by molar-refractivity contribution is 0.0697. The van der Waals surface area contributed by atoms with E-state index in [0.717, 1.165) is 67.4 Å². The minimum absolute atomic E-state index is 0.135. The van der Waals surface area contributed by atoms with Crippen LogP contribution in [-0.4, -0.2) is 40.1 Å². The van der Waals surface area contributed by atoms with Crippen molar-refractivity contribution >= 4 is 16.9 Å². The predicted octanol–water partition coefficient (Wildman–Crippen LogP) is 2.44. The molecule has 0 N–H and O–H groups in total. The summed E-state index contributed by atoms with van der Waals surface area (Å²) in [5, 5.41) is 0. The van der Waals surface area contributed by atoms with Crippen LogP contribution in [0.1, 0.15) is 35.9 Å². The number of carbonyl (C=O) groups is 1. The van der Waals surface area contributed by atoms with Crippen LogP contribution in [-0.2, 0) is 17.9 Å². The monoisotopic (exact) mass is 299 g/mol. The summed E-state index contributed by atoms with van der Waals surface area (Å²) >= 11 is 0. The molecule has 5 heteroatoms. The number of likely N-dealkylation sites (tertiary alicyclic amines) is 1. The summed E-state index contributed by atoms with van der Waals surface area (Å²) in [5.74, 6) is 1.82. The van der Waals surface area contributed by atoms with Gasteiger partial charge in [-0.05, 0) is 37.0 Å². The molecule has 1 aromatic carbocycles. The van der Waals surface area contributed by atoms with Crippen molar-refractivity contribution in [3.63, 3.8) is 0 Å². The highest BCUT2D eigenvalue weighted by Gasteiger charge is 2.22. The van der Waals surface area contributed by atoms with Crippen LogP contribution in [0.15, 0.2) is 18.2 Å². The topological polar surface area (TPSA) is 47.4 Å². The van der Waals surface area contributed by atoms with E-state index in [1.54, 1.807) is 0 Å². The van der Waals surface area contributed by atoms with E-state index in [-0.39, 0.29) is 5.91 Å². The zero-order valence-corrected chi connectivity index (χ0v) is 12.9. The Kier molecular flexibility index (Phi) is 3.37. The molecule has 0 spiro atoms. The number of nitrogens with zero attached hydrogens (tertiary/aromatic N) is 3. The highest BCUT2D eigenvalue weighted by molar-refractivity contribution is 5.97. The van der Waals surface area contributed by atoms with Crippen LogP contribution in [0.25, 0.3) is 11.0 Å². The quantitative estimate of drug-likeness (QED) is 0.812. The molecule has 5 nitrogen and oxygen atoms in total. The number of rotatable bonds is 1. The Morgan fingerprint density at radius 3 is 2.91 bits per heavy atom. The minimum Gasteiger partial charge on any atom is -0.372 e. The fourth-order valence-corrected chi connectivity index (χ4v) is 3.39. The average molecular weight is 299 g/mol. The van der Waals surface area contributed by atoms with Crippen molar-refractivity contribution in [2.75, 3.05) is 19.7 Å². The molecule has 0 aliphatic carbocycles. The number of piperidine rings is 1. The summed E-state index contributed by atoms with van der Waals surface area (Å²) in [6, 6.07) is 5.89. The van der Waals surface area contributed by atoms with Crippen LogP contribution in [0.4, 0.5) is 0 Å². The number of aromatic nitrogens is 2. The molecule has 116 valence electrons. The molecule has 0 saturated carbocycles. The lowest BCUT2D eigenvalue weighted by Crippen LogP contribution is -2.37. The number of imidazole rings is 1. The van der Waals surface area contributed by atoms with E-state index in [1.165, 1.54) is 0 Å². The van der Waals surface area contributed by atoms with Gasteiger partial charge in [-0.25, -0.2) is 4.98 Å². The second kappa shape index (κ2) is 5.39. The molecule has 4 rings (SSSR count). The molecular weight excluding hydrogens is 278 g/mol. The molecule has 2 aliphatic rings. The van der Waals surface area contributed by atoms with Gasteiger partial charge in [-0.3, -0.25) is 4.79 Å². The van der Waals surface area contributed by atoms with E-state index in [2.05, 4.69) is 16.5 Å². The summed E-state index contributed by atoms with van der Waals surface area (Å²) in [7, 11) is 0. The largest absolute Gasteiger partial charge is 0.372 e. The molecule has 0 bridgehead atoms. The summed E-state index contributed by atoms with van der Waals surface area (Å²) in [5.41, 5.74) is 2.75. The van der Waals surface area contributed by atoms with Gasteiger partial charge >= 0.3 is 0 Å². The van der Waals surface area contributed by atoms with Gasteiger partial charge in [0.25, 0.3) is 5.91 Å². The van der Waals surface area contributed by atoms with Crippen LogP contribution in [0, 0.1) is 5.92 Å². The van der Waals surface area contributed by atoms with Gasteiger partial charge in [0, 0.05) is 25.2 Å². The third-order valence-electron chi connectivity index (χ3n) is 4.84. The molecule has 22 heavy (non-hydrogen) atoms. The van der Waals surface area contributed by atoms with Gasteiger partial charge < -0.3 is 14.2 Å². The number of benzene rings is 1. The summed E-state index contributed by atoms with van der Waals surface area (Å²) in [4.78, 5) is 19.3. The molecular formula is C17H21N3O2. The summed E-state index contributed by atoms with van der Waals surface area (Å²) in [6.07, 6.45) is 2.20. The molecule has 3 heterocycles. The van der Waals surface area contributed by atoms with Gasteiger partial charge in [0.15, 0.2) is 0 Å². The van der Waals surface area contributed by atoms with Crippen molar-refractivity contribution < 1.29 is 9.53 Å². The van der Waals surface area contributed by atoms with Crippen molar-refractivity contribution in [3.8, 4) is 0 Å². The standard InChI is InChI=1S/C17H21N3O2/c1-12-4-6-19(7-5-12)17(21)13-2-3-15-14(10-13)18-16-11-22-9-8-20(15)16/h2-3,10,12H,4-9,11H2,1H3. The van der Waals surface area contributed by atoms with E-state index in [4.69, 9.17) is 4.74 Å². The van der Waals surface area contributed by atoms with Gasteiger partial charge in [0.1, 0.15) is 12.4 Å². The first-order valence-electron chi connectivity index (χ1n) is 8.08. The number of amides is 1. The zero-order valence-electron chi connectivity index (χ0n) is 12.9. The normalized spacial score (nSPS) is 19.4. The number of hydrogen-bond acceptors (Lipinski definition) is 3. The molecule has 2 aliphatic heterocycles. The van der Waals surface area contributed by atoms with Crippen LogP contribution >= 0.6 is 0 Å². The number of fused-ring (bicyclic) bond motifs is 3. The van der Waals surface area contributed by atoms with E-state index in [9.17, 15) is 4.79 Å². The second-order valence-electron chi connectivity index (χ2n) is 6.41. The molecule has 1 fully saturated rings. The van der Waals surface area contributed by atoms with Crippen LogP contribution in [0.5, 0.6) is 0 Å². The van der Waals surface area contributed by atoms with Crippen LogP contribution < -0.4 is 0 Å². The second-order valence-corrected chi connectivity index (χ2v) is 6.41. The van der Waals surface area contributed by atoms with Gasteiger partial charge in [-0.15, -0.1) is 0 Å². The number of hydrogen-bond donors (Lipinski definition) is 0. The maximum Gasteiger partial charge on any atom is 0.253 e. The van der Waals surface area contributed by atoms with Crippen molar-refractivity contribution in [1.29, 1.82) is 0 Å². The lowest BCUT2D eigenvalue weighted by atomic mass is 9.98. The molecule has 0 atom stereocenters.